The Morgan fingerprint density at radius 3 is 1.14 bits per heavy atom. The largest absolute Gasteiger partial charge is 0.388 e. The van der Waals surface area contributed by atoms with Crippen molar-refractivity contribution in [3.63, 3.8) is 0 Å². The Kier molecular flexibility index (Phi) is 20.1. The first-order chi connectivity index (χ1) is 23.4. The van der Waals surface area contributed by atoms with Gasteiger partial charge in [0.05, 0.1) is 12.2 Å². The molecule has 2 aliphatic rings. The highest BCUT2D eigenvalue weighted by atomic mass is 16.8. The second-order valence-electron chi connectivity index (χ2n) is 12.8. The van der Waals surface area contributed by atoms with Crippen molar-refractivity contribution in [2.75, 3.05) is 0 Å². The molecule has 2 rings (SSSR count). The molecular formula is C32H58N4O13. The van der Waals surface area contributed by atoms with Gasteiger partial charge in [0.1, 0.15) is 36.6 Å². The van der Waals surface area contributed by atoms with Gasteiger partial charge in [0.25, 0.3) is 0 Å². The van der Waals surface area contributed by atoms with Crippen molar-refractivity contribution >= 4 is 23.6 Å². The molecule has 0 bridgehead atoms. The van der Waals surface area contributed by atoms with Crippen LogP contribution in [0.25, 0.3) is 0 Å². The Morgan fingerprint density at radius 1 is 0.469 bits per heavy atom. The standard InChI is InChI=1S/C32H58N4O13/c1-3-5-7-9-11-13-21(37)33-35-23(39)17-15-19-25(41)27(43)29(45)31(47-19)49-32-30(46)28(44)26(42)20(48-32)16-18-24(40)36-34-22(38)14-12-10-8-6-4-2/h19-20,25-32,41-46H,3-18H2,1-2H3,(H,33,37)(H,34,38)(H,35,39)(H,36,40)/t19-,20-,25-,26-,27-,28+,29-,30-,31-,32?/m1/s1. The van der Waals surface area contributed by atoms with E-state index in [-0.39, 0.29) is 50.3 Å². The van der Waals surface area contributed by atoms with Gasteiger partial charge < -0.3 is 44.8 Å². The maximum absolute atomic E-state index is 12.3. The van der Waals surface area contributed by atoms with Crippen LogP contribution in [0.1, 0.15) is 117 Å². The van der Waals surface area contributed by atoms with Gasteiger partial charge in [-0.3, -0.25) is 40.9 Å². The van der Waals surface area contributed by atoms with E-state index >= 15 is 0 Å². The van der Waals surface area contributed by atoms with Crippen LogP contribution < -0.4 is 21.7 Å². The molecule has 17 heteroatoms. The molecule has 10 atom stereocenters. The van der Waals surface area contributed by atoms with Crippen LogP contribution in [0, 0.1) is 0 Å². The third-order valence-electron chi connectivity index (χ3n) is 8.61. The number of rotatable bonds is 20. The van der Waals surface area contributed by atoms with E-state index < -0.39 is 73.2 Å². The van der Waals surface area contributed by atoms with Crippen LogP contribution in [0.2, 0.25) is 0 Å². The number of aliphatic hydroxyl groups is 6. The molecule has 4 amide bonds. The van der Waals surface area contributed by atoms with Crippen molar-refractivity contribution in [3.05, 3.63) is 0 Å². The van der Waals surface area contributed by atoms with Gasteiger partial charge in [-0.25, -0.2) is 0 Å². The summed E-state index contributed by atoms with van der Waals surface area (Å²) in [4.78, 5) is 48.5. The average molecular weight is 707 g/mol. The summed E-state index contributed by atoms with van der Waals surface area (Å²) in [5, 5.41) is 62.8. The van der Waals surface area contributed by atoms with Crippen LogP contribution in [0.4, 0.5) is 0 Å². The highest BCUT2D eigenvalue weighted by Gasteiger charge is 2.49. The van der Waals surface area contributed by atoms with Crippen LogP contribution in [0.5, 0.6) is 0 Å². The van der Waals surface area contributed by atoms with Crippen molar-refractivity contribution in [3.8, 4) is 0 Å². The van der Waals surface area contributed by atoms with E-state index in [2.05, 4.69) is 35.6 Å². The number of amides is 4. The number of carbonyl (C=O) groups is 4. The fraction of sp³-hybridized carbons (Fsp3) is 0.875. The lowest BCUT2D eigenvalue weighted by Gasteiger charge is -2.45. The summed E-state index contributed by atoms with van der Waals surface area (Å²) in [5.41, 5.74) is 9.20. The summed E-state index contributed by atoms with van der Waals surface area (Å²) in [6.45, 7) is 4.18. The molecular weight excluding hydrogens is 648 g/mol. The lowest BCUT2D eigenvalue weighted by molar-refractivity contribution is -0.374. The smallest absolute Gasteiger partial charge is 0.238 e. The topological polar surface area (TPSA) is 265 Å². The normalized spacial score (nSPS) is 30.0. The van der Waals surface area contributed by atoms with Crippen LogP contribution in [-0.2, 0) is 33.4 Å². The van der Waals surface area contributed by atoms with Gasteiger partial charge in [0.15, 0.2) is 12.6 Å². The first kappa shape index (κ1) is 42.7. The Labute approximate surface area is 287 Å². The Morgan fingerprint density at radius 2 is 0.796 bits per heavy atom. The van der Waals surface area contributed by atoms with E-state index in [4.69, 9.17) is 14.2 Å². The number of hydrogen-bond donors (Lipinski definition) is 10. The molecule has 2 aliphatic heterocycles. The van der Waals surface area contributed by atoms with Crippen LogP contribution >= 0.6 is 0 Å². The highest BCUT2D eigenvalue weighted by molar-refractivity contribution is 5.82. The molecule has 0 radical (unpaired) electrons. The predicted molar refractivity (Wildman–Crippen MR) is 172 cm³/mol. The van der Waals surface area contributed by atoms with E-state index in [1.165, 1.54) is 0 Å². The SMILES string of the molecule is CCCCCCCC(=O)NNC(=O)CC[C@H]1O[C@H](OC2O[C@H](CCC(=O)NNC(=O)CCCCCCC)[C@@H](O)[C@H](O)[C@H]2O)[C@H](O)[C@H](O)[C@@H]1O. The van der Waals surface area contributed by atoms with Crippen LogP contribution in [-0.4, -0.2) is 116 Å². The summed E-state index contributed by atoms with van der Waals surface area (Å²) in [6.07, 6.45) is -7.09. The molecule has 10 N–H and O–H groups in total. The molecule has 49 heavy (non-hydrogen) atoms. The third kappa shape index (κ3) is 15.1. The first-order valence-corrected chi connectivity index (χ1v) is 17.6. The van der Waals surface area contributed by atoms with Crippen molar-refractivity contribution in [1.82, 2.24) is 21.7 Å². The van der Waals surface area contributed by atoms with Gasteiger partial charge in [0.2, 0.25) is 23.6 Å². The summed E-state index contributed by atoms with van der Waals surface area (Å²) >= 11 is 0. The molecule has 0 aliphatic carbocycles. The van der Waals surface area contributed by atoms with Crippen molar-refractivity contribution in [2.24, 2.45) is 0 Å². The number of ether oxygens (including phenoxy) is 3. The molecule has 0 aromatic heterocycles. The maximum atomic E-state index is 12.3. The van der Waals surface area contributed by atoms with Crippen LogP contribution in [0.15, 0.2) is 0 Å². The monoisotopic (exact) mass is 706 g/mol. The quantitative estimate of drug-likeness (QED) is 0.0550. The molecule has 284 valence electrons. The van der Waals surface area contributed by atoms with Crippen molar-refractivity contribution in [1.29, 1.82) is 0 Å². The average Bonchev–Trinajstić information content (AvgIpc) is 3.08. The number of hydrazine groups is 2. The van der Waals surface area contributed by atoms with Gasteiger partial charge >= 0.3 is 0 Å². The molecule has 1 unspecified atom stereocenters. The number of unbranched alkanes of at least 4 members (excludes halogenated alkanes) is 8. The summed E-state index contributed by atoms with van der Waals surface area (Å²) in [6, 6.07) is 0. The molecule has 0 saturated carbocycles. The lowest BCUT2D eigenvalue weighted by atomic mass is 9.95. The minimum Gasteiger partial charge on any atom is -0.388 e. The number of nitrogens with one attached hydrogen (secondary N) is 4. The van der Waals surface area contributed by atoms with E-state index in [0.717, 1.165) is 51.4 Å². The molecule has 0 spiro atoms. The highest BCUT2D eigenvalue weighted by Crippen LogP contribution is 2.30. The maximum Gasteiger partial charge on any atom is 0.238 e. The molecule has 17 nitrogen and oxygen atoms in total. The molecule has 2 heterocycles. The van der Waals surface area contributed by atoms with Gasteiger partial charge in [-0.1, -0.05) is 65.2 Å². The molecule has 0 aromatic rings. The zero-order chi connectivity index (χ0) is 36.3. The van der Waals surface area contributed by atoms with Gasteiger partial charge in [-0.15, -0.1) is 0 Å². The third-order valence-corrected chi connectivity index (χ3v) is 8.61. The fourth-order valence-electron chi connectivity index (χ4n) is 5.52. The minimum atomic E-state index is -1.84. The van der Waals surface area contributed by atoms with E-state index in [0.29, 0.717) is 12.8 Å². The van der Waals surface area contributed by atoms with Gasteiger partial charge in [-0.05, 0) is 25.7 Å². The number of carbonyl (C=O) groups excluding carboxylic acids is 4. The number of aliphatic hydroxyl groups excluding tert-OH is 6. The van der Waals surface area contributed by atoms with Crippen molar-refractivity contribution in [2.45, 2.75) is 178 Å². The number of hydrogen-bond acceptors (Lipinski definition) is 13. The summed E-state index contributed by atoms with van der Waals surface area (Å²) in [5.74, 6) is -1.88. The van der Waals surface area contributed by atoms with E-state index in [1.54, 1.807) is 0 Å². The zero-order valence-corrected chi connectivity index (χ0v) is 28.6. The summed E-state index contributed by atoms with van der Waals surface area (Å²) < 4.78 is 16.8. The van der Waals surface area contributed by atoms with E-state index in [9.17, 15) is 49.8 Å². The fourth-order valence-corrected chi connectivity index (χ4v) is 5.52. The molecule has 2 fully saturated rings. The second-order valence-corrected chi connectivity index (χ2v) is 12.8. The molecule has 2 saturated heterocycles. The van der Waals surface area contributed by atoms with Crippen molar-refractivity contribution < 1.29 is 64.0 Å². The van der Waals surface area contributed by atoms with E-state index in [1.807, 2.05) is 0 Å². The first-order valence-electron chi connectivity index (χ1n) is 17.6. The summed E-state index contributed by atoms with van der Waals surface area (Å²) in [7, 11) is 0. The Balaban J connectivity index is 1.84. The van der Waals surface area contributed by atoms with Gasteiger partial charge in [-0.2, -0.15) is 0 Å². The lowest BCUT2D eigenvalue weighted by Crippen LogP contribution is -2.63. The molecule has 0 aromatic carbocycles. The zero-order valence-electron chi connectivity index (χ0n) is 28.6. The Bertz CT molecular complexity index is 932. The second kappa shape index (κ2) is 23.1. The Hall–Kier alpha value is -2.48. The van der Waals surface area contributed by atoms with Crippen LogP contribution in [0.3, 0.4) is 0 Å². The predicted octanol–water partition coefficient (Wildman–Crippen LogP) is -0.806. The minimum absolute atomic E-state index is 0.161. The van der Waals surface area contributed by atoms with Gasteiger partial charge in [0, 0.05) is 25.7 Å².